The Hall–Kier alpha value is -2.86. The lowest BCUT2D eigenvalue weighted by Crippen LogP contribution is -2.32. The van der Waals surface area contributed by atoms with Crippen molar-refractivity contribution in [3.63, 3.8) is 0 Å². The van der Waals surface area contributed by atoms with Crippen LogP contribution in [-0.4, -0.2) is 43.0 Å². The molecule has 1 unspecified atom stereocenters. The molecule has 0 saturated carbocycles. The van der Waals surface area contributed by atoms with Gasteiger partial charge in [-0.2, -0.15) is 0 Å². The molecule has 1 heterocycles. The molecular weight excluding hydrogens is 390 g/mol. The normalized spacial score (nSPS) is 16.1. The van der Waals surface area contributed by atoms with Crippen LogP contribution in [0.5, 0.6) is 5.75 Å². The van der Waals surface area contributed by atoms with Crippen molar-refractivity contribution in [3.05, 3.63) is 59.7 Å². The number of hydrogen-bond acceptors (Lipinski definition) is 4. The zero-order valence-corrected chi connectivity index (χ0v) is 18.8. The van der Waals surface area contributed by atoms with E-state index in [1.165, 1.54) is 5.56 Å². The van der Waals surface area contributed by atoms with Gasteiger partial charge in [-0.3, -0.25) is 14.5 Å². The van der Waals surface area contributed by atoms with E-state index < -0.39 is 0 Å². The highest BCUT2D eigenvalue weighted by Crippen LogP contribution is 2.27. The monoisotopic (exact) mass is 423 g/mol. The fourth-order valence-electron chi connectivity index (χ4n) is 3.82. The van der Waals surface area contributed by atoms with Gasteiger partial charge in [-0.05, 0) is 55.4 Å². The van der Waals surface area contributed by atoms with Crippen molar-refractivity contribution in [1.29, 1.82) is 0 Å². The number of nitrogens with one attached hydrogen (secondary N) is 1. The van der Waals surface area contributed by atoms with Gasteiger partial charge in [0, 0.05) is 31.7 Å². The van der Waals surface area contributed by atoms with Crippen LogP contribution in [0.4, 0.5) is 5.69 Å². The lowest BCUT2D eigenvalue weighted by Gasteiger charge is -2.18. The summed E-state index contributed by atoms with van der Waals surface area (Å²) in [5.74, 6) is 0.343. The Kier molecular flexibility index (Phi) is 8.06. The summed E-state index contributed by atoms with van der Waals surface area (Å²) >= 11 is 0. The Labute approximate surface area is 185 Å². The van der Waals surface area contributed by atoms with Gasteiger partial charge in [0.05, 0.1) is 12.5 Å². The van der Waals surface area contributed by atoms with Crippen molar-refractivity contribution < 1.29 is 14.3 Å². The van der Waals surface area contributed by atoms with Gasteiger partial charge in [0.2, 0.25) is 11.8 Å². The standard InChI is InChI=1S/C25H33N3O3/c1-4-27(5-2)17-20-9-7-19(8-10-20)16-26-25(30)21-15-24(29)28(18-21)22-11-13-23(14-12-22)31-6-3/h7-14,21H,4-6,15-18H2,1-3H3,(H,26,30). The highest BCUT2D eigenvalue weighted by atomic mass is 16.5. The lowest BCUT2D eigenvalue weighted by atomic mass is 10.1. The molecule has 166 valence electrons. The first kappa shape index (κ1) is 22.8. The van der Waals surface area contributed by atoms with E-state index in [0.29, 0.717) is 19.7 Å². The van der Waals surface area contributed by atoms with Crippen LogP contribution in [0.1, 0.15) is 38.3 Å². The van der Waals surface area contributed by atoms with Crippen LogP contribution in [-0.2, 0) is 22.7 Å². The molecule has 1 saturated heterocycles. The first-order valence-electron chi connectivity index (χ1n) is 11.1. The average Bonchev–Trinajstić information content (AvgIpc) is 3.19. The van der Waals surface area contributed by atoms with E-state index in [9.17, 15) is 9.59 Å². The lowest BCUT2D eigenvalue weighted by molar-refractivity contribution is -0.126. The molecule has 31 heavy (non-hydrogen) atoms. The summed E-state index contributed by atoms with van der Waals surface area (Å²) in [6, 6.07) is 15.8. The highest BCUT2D eigenvalue weighted by Gasteiger charge is 2.35. The molecule has 0 radical (unpaired) electrons. The number of carbonyl (C=O) groups excluding carboxylic acids is 2. The van der Waals surface area contributed by atoms with E-state index in [-0.39, 0.29) is 24.2 Å². The number of hydrogen-bond donors (Lipinski definition) is 1. The van der Waals surface area contributed by atoms with Gasteiger partial charge in [0.25, 0.3) is 0 Å². The number of amides is 2. The van der Waals surface area contributed by atoms with E-state index in [0.717, 1.165) is 36.6 Å². The molecule has 1 aliphatic heterocycles. The van der Waals surface area contributed by atoms with E-state index >= 15 is 0 Å². The molecule has 6 nitrogen and oxygen atoms in total. The second-order valence-electron chi connectivity index (χ2n) is 7.83. The van der Waals surface area contributed by atoms with Gasteiger partial charge < -0.3 is 15.0 Å². The molecular formula is C25H33N3O3. The van der Waals surface area contributed by atoms with Crippen molar-refractivity contribution in [2.24, 2.45) is 5.92 Å². The molecule has 0 aliphatic carbocycles. The Morgan fingerprint density at radius 3 is 2.29 bits per heavy atom. The molecule has 2 aromatic carbocycles. The van der Waals surface area contributed by atoms with Crippen LogP contribution in [0, 0.1) is 5.92 Å². The smallest absolute Gasteiger partial charge is 0.227 e. The minimum atomic E-state index is -0.332. The third kappa shape index (κ3) is 6.07. The van der Waals surface area contributed by atoms with Crippen molar-refractivity contribution in [2.45, 2.75) is 40.3 Å². The van der Waals surface area contributed by atoms with E-state index in [1.807, 2.05) is 31.2 Å². The predicted molar refractivity (Wildman–Crippen MR) is 123 cm³/mol. The molecule has 1 aliphatic rings. The van der Waals surface area contributed by atoms with Crippen LogP contribution >= 0.6 is 0 Å². The number of carbonyl (C=O) groups is 2. The number of rotatable bonds is 10. The third-order valence-corrected chi connectivity index (χ3v) is 5.75. The molecule has 2 amide bonds. The molecule has 0 bridgehead atoms. The Morgan fingerprint density at radius 1 is 1.03 bits per heavy atom. The minimum Gasteiger partial charge on any atom is -0.494 e. The number of anilines is 1. The fraction of sp³-hybridized carbons (Fsp3) is 0.440. The van der Waals surface area contributed by atoms with Crippen molar-refractivity contribution in [2.75, 3.05) is 31.1 Å². The Bertz CT molecular complexity index is 861. The maximum absolute atomic E-state index is 12.7. The van der Waals surface area contributed by atoms with Gasteiger partial charge in [-0.15, -0.1) is 0 Å². The van der Waals surface area contributed by atoms with Gasteiger partial charge in [0.1, 0.15) is 5.75 Å². The predicted octanol–water partition coefficient (Wildman–Crippen LogP) is 3.60. The summed E-state index contributed by atoms with van der Waals surface area (Å²) < 4.78 is 5.45. The van der Waals surface area contributed by atoms with Gasteiger partial charge >= 0.3 is 0 Å². The number of ether oxygens (including phenoxy) is 1. The zero-order valence-electron chi connectivity index (χ0n) is 18.8. The van der Waals surface area contributed by atoms with Crippen LogP contribution in [0.25, 0.3) is 0 Å². The van der Waals surface area contributed by atoms with Gasteiger partial charge in [-0.1, -0.05) is 38.1 Å². The van der Waals surface area contributed by atoms with Crippen LogP contribution in [0.15, 0.2) is 48.5 Å². The zero-order chi connectivity index (χ0) is 22.2. The molecule has 1 fully saturated rings. The molecule has 1 N–H and O–H groups in total. The Balaban J connectivity index is 1.51. The molecule has 6 heteroatoms. The maximum Gasteiger partial charge on any atom is 0.227 e. The largest absolute Gasteiger partial charge is 0.494 e. The topological polar surface area (TPSA) is 61.9 Å². The summed E-state index contributed by atoms with van der Waals surface area (Å²) in [4.78, 5) is 29.2. The summed E-state index contributed by atoms with van der Waals surface area (Å²) in [6.07, 6.45) is 0.238. The van der Waals surface area contributed by atoms with Crippen LogP contribution in [0.2, 0.25) is 0 Å². The Morgan fingerprint density at radius 2 is 1.68 bits per heavy atom. The maximum atomic E-state index is 12.7. The molecule has 2 aromatic rings. The quantitative estimate of drug-likeness (QED) is 0.634. The van der Waals surface area contributed by atoms with E-state index in [1.54, 1.807) is 4.90 Å². The second-order valence-corrected chi connectivity index (χ2v) is 7.83. The minimum absolute atomic E-state index is 0.0231. The second kappa shape index (κ2) is 11.0. The SMILES string of the molecule is CCOc1ccc(N2CC(C(=O)NCc3ccc(CN(CC)CC)cc3)CC2=O)cc1. The number of benzene rings is 2. The van der Waals surface area contributed by atoms with Crippen molar-refractivity contribution in [3.8, 4) is 5.75 Å². The van der Waals surface area contributed by atoms with Gasteiger partial charge in [-0.25, -0.2) is 0 Å². The molecule has 1 atom stereocenters. The summed E-state index contributed by atoms with van der Waals surface area (Å²) in [5.41, 5.74) is 3.13. The third-order valence-electron chi connectivity index (χ3n) is 5.75. The molecule has 0 aromatic heterocycles. The highest BCUT2D eigenvalue weighted by molar-refractivity contribution is 6.00. The summed E-state index contributed by atoms with van der Waals surface area (Å²) in [6.45, 7) is 10.7. The van der Waals surface area contributed by atoms with Crippen molar-refractivity contribution >= 4 is 17.5 Å². The molecule has 3 rings (SSSR count). The van der Waals surface area contributed by atoms with Crippen LogP contribution in [0.3, 0.4) is 0 Å². The van der Waals surface area contributed by atoms with Crippen molar-refractivity contribution in [1.82, 2.24) is 10.2 Å². The fourth-order valence-corrected chi connectivity index (χ4v) is 3.82. The average molecular weight is 424 g/mol. The van der Waals surface area contributed by atoms with Crippen LogP contribution < -0.4 is 15.0 Å². The van der Waals surface area contributed by atoms with E-state index in [4.69, 9.17) is 4.74 Å². The van der Waals surface area contributed by atoms with Gasteiger partial charge in [0.15, 0.2) is 0 Å². The van der Waals surface area contributed by atoms with E-state index in [2.05, 4.69) is 48.3 Å². The summed E-state index contributed by atoms with van der Waals surface area (Å²) in [7, 11) is 0. The summed E-state index contributed by atoms with van der Waals surface area (Å²) in [5, 5.41) is 2.99. The number of nitrogens with zero attached hydrogens (tertiary/aromatic N) is 2. The first-order valence-corrected chi connectivity index (χ1v) is 11.1. The molecule has 0 spiro atoms. The first-order chi connectivity index (χ1) is 15.0.